The summed E-state index contributed by atoms with van der Waals surface area (Å²) in [4.78, 5) is 15.0. The number of aromatic nitrogens is 1. The van der Waals surface area contributed by atoms with Gasteiger partial charge in [0, 0.05) is 35.4 Å². The topological polar surface area (TPSA) is 68.1 Å². The van der Waals surface area contributed by atoms with Gasteiger partial charge in [0.25, 0.3) is 5.69 Å². The van der Waals surface area contributed by atoms with E-state index in [1.54, 1.807) is 12.1 Å². The first-order chi connectivity index (χ1) is 9.88. The normalized spacial score (nSPS) is 12.6. The van der Waals surface area contributed by atoms with E-state index in [0.717, 1.165) is 28.8 Å². The third-order valence-electron chi connectivity index (χ3n) is 3.88. The van der Waals surface area contributed by atoms with Crippen molar-refractivity contribution in [2.75, 3.05) is 11.9 Å². The van der Waals surface area contributed by atoms with E-state index >= 15 is 0 Å². The van der Waals surface area contributed by atoms with Gasteiger partial charge in [-0.15, -0.1) is 0 Å². The van der Waals surface area contributed by atoms with Gasteiger partial charge in [0.1, 0.15) is 0 Å². The second-order valence-electron chi connectivity index (χ2n) is 5.87. The molecule has 1 aromatic heterocycles. The van der Waals surface area contributed by atoms with Crippen LogP contribution in [0.1, 0.15) is 26.5 Å². The lowest BCUT2D eigenvalue weighted by Gasteiger charge is -2.18. The molecule has 0 radical (unpaired) electrons. The van der Waals surface area contributed by atoms with Crippen molar-refractivity contribution in [3.05, 3.63) is 40.1 Å². The van der Waals surface area contributed by atoms with Crippen molar-refractivity contribution in [2.45, 2.75) is 27.7 Å². The van der Waals surface area contributed by atoms with E-state index < -0.39 is 0 Å². The van der Waals surface area contributed by atoms with Gasteiger partial charge in [-0.2, -0.15) is 0 Å². The van der Waals surface area contributed by atoms with Crippen molar-refractivity contribution < 1.29 is 4.92 Å². The number of non-ortho nitro benzene ring substituents is 1. The Hall–Kier alpha value is -2.17. The standard InChI is InChI=1S/C16H21N3O2/c1-10(2)11(3)9-17-16-7-12(4)18-15-6-5-13(19(20)21)8-14(15)16/h5-8,10-11H,9H2,1-4H3,(H,17,18). The lowest BCUT2D eigenvalue weighted by atomic mass is 9.98. The number of aryl methyl sites for hydroxylation is 1. The van der Waals surface area contributed by atoms with Crippen LogP contribution in [0.15, 0.2) is 24.3 Å². The Kier molecular flexibility index (Phi) is 4.40. The fraction of sp³-hybridized carbons (Fsp3) is 0.438. The van der Waals surface area contributed by atoms with Gasteiger partial charge >= 0.3 is 0 Å². The summed E-state index contributed by atoms with van der Waals surface area (Å²) in [5.41, 5.74) is 2.68. The Morgan fingerprint density at radius 2 is 2.00 bits per heavy atom. The molecular formula is C16H21N3O2. The summed E-state index contributed by atoms with van der Waals surface area (Å²) in [7, 11) is 0. The zero-order chi connectivity index (χ0) is 15.6. The summed E-state index contributed by atoms with van der Waals surface area (Å²) < 4.78 is 0. The second-order valence-corrected chi connectivity index (χ2v) is 5.87. The molecule has 0 amide bonds. The summed E-state index contributed by atoms with van der Waals surface area (Å²) >= 11 is 0. The number of fused-ring (bicyclic) bond motifs is 1. The number of nitrogens with one attached hydrogen (secondary N) is 1. The Bertz CT molecular complexity index is 668. The Morgan fingerprint density at radius 3 is 2.62 bits per heavy atom. The van der Waals surface area contributed by atoms with Crippen molar-refractivity contribution in [1.82, 2.24) is 4.98 Å². The highest BCUT2D eigenvalue weighted by Gasteiger charge is 2.12. The van der Waals surface area contributed by atoms with Crippen LogP contribution in [-0.4, -0.2) is 16.5 Å². The molecule has 0 saturated carbocycles. The van der Waals surface area contributed by atoms with E-state index in [1.165, 1.54) is 6.07 Å². The molecule has 1 N–H and O–H groups in total. The molecule has 5 nitrogen and oxygen atoms in total. The Labute approximate surface area is 124 Å². The average Bonchev–Trinajstić information content (AvgIpc) is 2.43. The van der Waals surface area contributed by atoms with Gasteiger partial charge < -0.3 is 5.32 Å². The number of nitro benzene ring substituents is 1. The quantitative estimate of drug-likeness (QED) is 0.662. The molecule has 2 aromatic rings. The van der Waals surface area contributed by atoms with Crippen molar-refractivity contribution in [1.29, 1.82) is 0 Å². The highest BCUT2D eigenvalue weighted by Crippen LogP contribution is 2.27. The summed E-state index contributed by atoms with van der Waals surface area (Å²) in [6.45, 7) is 9.33. The lowest BCUT2D eigenvalue weighted by molar-refractivity contribution is -0.384. The van der Waals surface area contributed by atoms with Gasteiger partial charge in [-0.3, -0.25) is 15.1 Å². The number of benzene rings is 1. The minimum atomic E-state index is -0.375. The van der Waals surface area contributed by atoms with Crippen LogP contribution in [-0.2, 0) is 0 Å². The van der Waals surface area contributed by atoms with Crippen molar-refractivity contribution in [2.24, 2.45) is 11.8 Å². The van der Waals surface area contributed by atoms with Crippen LogP contribution >= 0.6 is 0 Å². The van der Waals surface area contributed by atoms with E-state index in [2.05, 4.69) is 31.1 Å². The Balaban J connectivity index is 2.40. The molecule has 0 fully saturated rings. The third-order valence-corrected chi connectivity index (χ3v) is 3.88. The number of nitro groups is 1. The number of rotatable bonds is 5. The summed E-state index contributed by atoms with van der Waals surface area (Å²) in [5.74, 6) is 1.10. The summed E-state index contributed by atoms with van der Waals surface area (Å²) in [6.07, 6.45) is 0. The van der Waals surface area contributed by atoms with Crippen LogP contribution in [0.25, 0.3) is 10.9 Å². The van der Waals surface area contributed by atoms with Gasteiger partial charge in [-0.1, -0.05) is 20.8 Å². The second kappa shape index (κ2) is 6.08. The maximum atomic E-state index is 10.9. The molecule has 5 heteroatoms. The zero-order valence-corrected chi connectivity index (χ0v) is 12.9. The van der Waals surface area contributed by atoms with E-state index in [0.29, 0.717) is 11.8 Å². The molecule has 1 unspecified atom stereocenters. The minimum absolute atomic E-state index is 0.0908. The first-order valence-corrected chi connectivity index (χ1v) is 7.18. The maximum Gasteiger partial charge on any atom is 0.270 e. The first kappa shape index (κ1) is 15.2. The van der Waals surface area contributed by atoms with Crippen LogP contribution in [0.4, 0.5) is 11.4 Å². The highest BCUT2D eigenvalue weighted by molar-refractivity contribution is 5.93. The van der Waals surface area contributed by atoms with Gasteiger partial charge in [0.2, 0.25) is 0 Å². The zero-order valence-electron chi connectivity index (χ0n) is 12.9. The lowest BCUT2D eigenvalue weighted by Crippen LogP contribution is -2.16. The SMILES string of the molecule is Cc1cc(NCC(C)C(C)C)c2cc([N+](=O)[O-])ccc2n1. The largest absolute Gasteiger partial charge is 0.384 e. The van der Waals surface area contributed by atoms with Crippen molar-refractivity contribution >= 4 is 22.3 Å². The molecule has 0 saturated heterocycles. The number of hydrogen-bond acceptors (Lipinski definition) is 4. The molecule has 2 rings (SSSR count). The highest BCUT2D eigenvalue weighted by atomic mass is 16.6. The van der Waals surface area contributed by atoms with E-state index in [9.17, 15) is 10.1 Å². The molecule has 112 valence electrons. The smallest absolute Gasteiger partial charge is 0.270 e. The van der Waals surface area contributed by atoms with Crippen LogP contribution in [0.3, 0.4) is 0 Å². The fourth-order valence-electron chi connectivity index (χ4n) is 2.11. The van der Waals surface area contributed by atoms with Crippen LogP contribution < -0.4 is 5.32 Å². The van der Waals surface area contributed by atoms with Gasteiger partial charge in [0.15, 0.2) is 0 Å². The minimum Gasteiger partial charge on any atom is -0.384 e. The first-order valence-electron chi connectivity index (χ1n) is 7.18. The molecule has 0 aliphatic rings. The predicted molar refractivity (Wildman–Crippen MR) is 85.6 cm³/mol. The molecule has 1 atom stereocenters. The molecule has 0 aliphatic heterocycles. The Morgan fingerprint density at radius 1 is 1.29 bits per heavy atom. The number of pyridine rings is 1. The number of anilines is 1. The van der Waals surface area contributed by atoms with Crippen molar-refractivity contribution in [3.63, 3.8) is 0 Å². The van der Waals surface area contributed by atoms with Gasteiger partial charge in [0.05, 0.1) is 10.4 Å². The number of hydrogen-bond donors (Lipinski definition) is 1. The van der Waals surface area contributed by atoms with Crippen LogP contribution in [0.2, 0.25) is 0 Å². The molecule has 1 aromatic carbocycles. The van der Waals surface area contributed by atoms with E-state index in [1.807, 2.05) is 13.0 Å². The number of nitrogens with zero attached hydrogens (tertiary/aromatic N) is 2. The molecule has 1 heterocycles. The van der Waals surface area contributed by atoms with Crippen molar-refractivity contribution in [3.8, 4) is 0 Å². The van der Waals surface area contributed by atoms with Crippen LogP contribution in [0.5, 0.6) is 0 Å². The maximum absolute atomic E-state index is 10.9. The average molecular weight is 287 g/mol. The molecule has 21 heavy (non-hydrogen) atoms. The monoisotopic (exact) mass is 287 g/mol. The summed E-state index contributed by atoms with van der Waals surface area (Å²) in [5, 5.41) is 15.2. The molecular weight excluding hydrogens is 266 g/mol. The third kappa shape index (κ3) is 3.48. The predicted octanol–water partition coefficient (Wildman–Crippen LogP) is 4.16. The molecule has 0 aliphatic carbocycles. The molecule has 0 bridgehead atoms. The fourth-order valence-corrected chi connectivity index (χ4v) is 2.11. The van der Waals surface area contributed by atoms with E-state index in [4.69, 9.17) is 0 Å². The molecule has 0 spiro atoms. The van der Waals surface area contributed by atoms with Gasteiger partial charge in [-0.25, -0.2) is 0 Å². The van der Waals surface area contributed by atoms with Gasteiger partial charge in [-0.05, 0) is 30.9 Å². The van der Waals surface area contributed by atoms with Crippen LogP contribution in [0, 0.1) is 28.9 Å². The summed E-state index contributed by atoms with van der Waals surface area (Å²) in [6, 6.07) is 6.73. The van der Waals surface area contributed by atoms with E-state index in [-0.39, 0.29) is 10.6 Å².